The lowest BCUT2D eigenvalue weighted by Gasteiger charge is -2.31. The number of hydrogen-bond acceptors (Lipinski definition) is 5. The Labute approximate surface area is 128 Å². The first-order valence-corrected chi connectivity index (χ1v) is 7.14. The molecule has 7 heteroatoms. The Bertz CT molecular complexity index is 603. The zero-order valence-electron chi connectivity index (χ0n) is 12.1. The largest absolute Gasteiger partial charge is 0.484 e. The molecule has 116 valence electrons. The van der Waals surface area contributed by atoms with Crippen LogP contribution in [0.5, 0.6) is 5.75 Å². The molecule has 0 bridgehead atoms. The first-order chi connectivity index (χ1) is 10.5. The molecule has 1 N–H and O–H groups in total. The summed E-state index contributed by atoms with van der Waals surface area (Å²) in [6.07, 6.45) is 4.20. The molecule has 22 heavy (non-hydrogen) atoms. The molecule has 0 heterocycles. The fraction of sp³-hybridized carbons (Fsp3) is 0.467. The van der Waals surface area contributed by atoms with Gasteiger partial charge in [0.05, 0.1) is 17.1 Å². The van der Waals surface area contributed by atoms with Gasteiger partial charge in [0, 0.05) is 6.07 Å². The predicted octanol–water partition coefficient (Wildman–Crippen LogP) is 2.32. The van der Waals surface area contributed by atoms with Crippen LogP contribution in [0.4, 0.5) is 5.69 Å². The number of nitro benzene ring substituents is 1. The molecule has 1 aromatic rings. The molecule has 0 aliphatic heterocycles. The van der Waals surface area contributed by atoms with Gasteiger partial charge in [0.1, 0.15) is 11.3 Å². The van der Waals surface area contributed by atoms with E-state index in [2.05, 4.69) is 11.4 Å². The number of carbonyl (C=O) groups excluding carboxylic acids is 1. The Kier molecular flexibility index (Phi) is 4.94. The fourth-order valence-corrected chi connectivity index (χ4v) is 2.56. The SMILES string of the molecule is N#CC1(NC(=O)COc2cccc([N+](=O)[O-])c2)CCCCC1. The summed E-state index contributed by atoms with van der Waals surface area (Å²) in [4.78, 5) is 22.1. The number of nitro groups is 1. The van der Waals surface area contributed by atoms with Gasteiger partial charge in [0.2, 0.25) is 0 Å². The van der Waals surface area contributed by atoms with E-state index >= 15 is 0 Å². The lowest BCUT2D eigenvalue weighted by molar-refractivity contribution is -0.384. The van der Waals surface area contributed by atoms with Crippen LogP contribution in [-0.2, 0) is 4.79 Å². The van der Waals surface area contributed by atoms with E-state index in [1.165, 1.54) is 18.2 Å². The summed E-state index contributed by atoms with van der Waals surface area (Å²) >= 11 is 0. The monoisotopic (exact) mass is 303 g/mol. The van der Waals surface area contributed by atoms with Crippen LogP contribution in [0.3, 0.4) is 0 Å². The zero-order chi connectivity index (χ0) is 16.0. The van der Waals surface area contributed by atoms with Crippen molar-refractivity contribution in [3.05, 3.63) is 34.4 Å². The molecule has 1 aliphatic rings. The number of nitrogens with one attached hydrogen (secondary N) is 1. The number of rotatable bonds is 5. The van der Waals surface area contributed by atoms with Crippen molar-refractivity contribution in [1.29, 1.82) is 5.26 Å². The van der Waals surface area contributed by atoms with Crippen LogP contribution in [0, 0.1) is 21.4 Å². The van der Waals surface area contributed by atoms with Crippen molar-refractivity contribution in [3.8, 4) is 11.8 Å². The zero-order valence-corrected chi connectivity index (χ0v) is 12.1. The van der Waals surface area contributed by atoms with E-state index in [-0.39, 0.29) is 18.0 Å². The average Bonchev–Trinajstić information content (AvgIpc) is 2.54. The molecule has 1 saturated carbocycles. The molecule has 1 amide bonds. The first kappa shape index (κ1) is 15.8. The summed E-state index contributed by atoms with van der Waals surface area (Å²) in [5.74, 6) is -0.144. The summed E-state index contributed by atoms with van der Waals surface area (Å²) < 4.78 is 5.26. The molecule has 1 fully saturated rings. The molecule has 0 saturated heterocycles. The number of benzene rings is 1. The second kappa shape index (κ2) is 6.89. The van der Waals surface area contributed by atoms with Gasteiger partial charge in [-0.1, -0.05) is 25.3 Å². The van der Waals surface area contributed by atoms with E-state index in [0.29, 0.717) is 12.8 Å². The highest BCUT2D eigenvalue weighted by molar-refractivity contribution is 5.78. The van der Waals surface area contributed by atoms with Crippen LogP contribution in [0.25, 0.3) is 0 Å². The standard InChI is InChI=1S/C15H17N3O4/c16-11-15(7-2-1-3-8-15)17-14(19)10-22-13-6-4-5-12(9-13)18(20)21/h4-6,9H,1-3,7-8,10H2,(H,17,19). The van der Waals surface area contributed by atoms with E-state index in [4.69, 9.17) is 4.74 Å². The van der Waals surface area contributed by atoms with E-state index < -0.39 is 16.4 Å². The van der Waals surface area contributed by atoms with Crippen LogP contribution < -0.4 is 10.1 Å². The van der Waals surface area contributed by atoms with Crippen molar-refractivity contribution in [3.63, 3.8) is 0 Å². The summed E-state index contributed by atoms with van der Waals surface area (Å²) in [5.41, 5.74) is -0.903. The van der Waals surface area contributed by atoms with Crippen molar-refractivity contribution in [2.75, 3.05) is 6.61 Å². The molecule has 0 radical (unpaired) electrons. The third kappa shape index (κ3) is 3.95. The van der Waals surface area contributed by atoms with Crippen LogP contribution in [0.1, 0.15) is 32.1 Å². The summed E-state index contributed by atoms with van der Waals surface area (Å²) in [6.45, 7) is -0.273. The Hall–Kier alpha value is -2.62. The second-order valence-corrected chi connectivity index (χ2v) is 5.35. The highest BCUT2D eigenvalue weighted by Crippen LogP contribution is 2.27. The maximum atomic E-state index is 11.9. The van der Waals surface area contributed by atoms with E-state index in [1.54, 1.807) is 6.07 Å². The third-order valence-corrected chi connectivity index (χ3v) is 3.70. The van der Waals surface area contributed by atoms with Crippen molar-refractivity contribution >= 4 is 11.6 Å². The molecule has 0 spiro atoms. The average molecular weight is 303 g/mol. The van der Waals surface area contributed by atoms with Gasteiger partial charge in [-0.3, -0.25) is 14.9 Å². The summed E-state index contributed by atoms with van der Waals surface area (Å²) in [5, 5.41) is 22.7. The second-order valence-electron chi connectivity index (χ2n) is 5.35. The van der Waals surface area contributed by atoms with Crippen molar-refractivity contribution in [1.82, 2.24) is 5.32 Å². The normalized spacial score (nSPS) is 16.3. The highest BCUT2D eigenvalue weighted by Gasteiger charge is 2.33. The molecule has 1 aliphatic carbocycles. The van der Waals surface area contributed by atoms with Gasteiger partial charge in [-0.2, -0.15) is 5.26 Å². The molecule has 7 nitrogen and oxygen atoms in total. The molecule has 0 aromatic heterocycles. The van der Waals surface area contributed by atoms with E-state index in [0.717, 1.165) is 19.3 Å². The van der Waals surface area contributed by atoms with Crippen molar-refractivity contribution in [2.45, 2.75) is 37.6 Å². The number of carbonyl (C=O) groups is 1. The van der Waals surface area contributed by atoms with Gasteiger partial charge < -0.3 is 10.1 Å². The summed E-state index contributed by atoms with van der Waals surface area (Å²) in [7, 11) is 0. The number of nitriles is 1. The Morgan fingerprint density at radius 3 is 2.77 bits per heavy atom. The molecule has 2 rings (SSSR count). The van der Waals surface area contributed by atoms with Gasteiger partial charge in [-0.05, 0) is 18.9 Å². The lowest BCUT2D eigenvalue weighted by Crippen LogP contribution is -2.50. The van der Waals surface area contributed by atoms with Crippen molar-refractivity contribution in [2.24, 2.45) is 0 Å². The van der Waals surface area contributed by atoms with Gasteiger partial charge >= 0.3 is 0 Å². The quantitative estimate of drug-likeness (QED) is 0.663. The Morgan fingerprint density at radius 2 is 2.14 bits per heavy atom. The predicted molar refractivity (Wildman–Crippen MR) is 78.2 cm³/mol. The van der Waals surface area contributed by atoms with E-state index in [1.807, 2.05) is 0 Å². The topological polar surface area (TPSA) is 105 Å². The fourth-order valence-electron chi connectivity index (χ4n) is 2.56. The Morgan fingerprint density at radius 1 is 1.41 bits per heavy atom. The minimum absolute atomic E-state index is 0.0984. The number of ether oxygens (including phenoxy) is 1. The van der Waals surface area contributed by atoms with Crippen LogP contribution in [0.2, 0.25) is 0 Å². The number of non-ortho nitro benzene ring substituents is 1. The number of amides is 1. The van der Waals surface area contributed by atoms with Gasteiger partial charge in [-0.25, -0.2) is 0 Å². The minimum Gasteiger partial charge on any atom is -0.484 e. The highest BCUT2D eigenvalue weighted by atomic mass is 16.6. The summed E-state index contributed by atoms with van der Waals surface area (Å²) in [6, 6.07) is 7.83. The minimum atomic E-state index is -0.804. The first-order valence-electron chi connectivity index (χ1n) is 7.14. The molecular formula is C15H17N3O4. The molecule has 1 aromatic carbocycles. The Balaban J connectivity index is 1.91. The maximum Gasteiger partial charge on any atom is 0.273 e. The van der Waals surface area contributed by atoms with Crippen LogP contribution in [-0.4, -0.2) is 23.0 Å². The smallest absolute Gasteiger partial charge is 0.273 e. The van der Waals surface area contributed by atoms with E-state index in [9.17, 15) is 20.2 Å². The maximum absolute atomic E-state index is 11.9. The third-order valence-electron chi connectivity index (χ3n) is 3.70. The van der Waals surface area contributed by atoms with Crippen molar-refractivity contribution < 1.29 is 14.5 Å². The lowest BCUT2D eigenvalue weighted by atomic mass is 9.83. The number of nitrogens with zero attached hydrogens (tertiary/aromatic N) is 2. The van der Waals surface area contributed by atoms with Crippen LogP contribution >= 0.6 is 0 Å². The molecule has 0 atom stereocenters. The molecule has 0 unspecified atom stereocenters. The van der Waals surface area contributed by atoms with Gasteiger partial charge in [-0.15, -0.1) is 0 Å². The van der Waals surface area contributed by atoms with Crippen LogP contribution in [0.15, 0.2) is 24.3 Å². The molecular weight excluding hydrogens is 286 g/mol. The van der Waals surface area contributed by atoms with Gasteiger partial charge in [0.25, 0.3) is 11.6 Å². The van der Waals surface area contributed by atoms with Gasteiger partial charge in [0.15, 0.2) is 6.61 Å². The number of hydrogen-bond donors (Lipinski definition) is 1.